The van der Waals surface area contributed by atoms with E-state index < -0.39 is 5.92 Å². The van der Waals surface area contributed by atoms with Gasteiger partial charge < -0.3 is 19.1 Å². The Hall–Kier alpha value is -2.34. The second-order valence-corrected chi connectivity index (χ2v) is 6.32. The van der Waals surface area contributed by atoms with E-state index in [4.69, 9.17) is 14.2 Å². The Morgan fingerprint density at radius 1 is 1.31 bits per heavy atom. The van der Waals surface area contributed by atoms with Crippen molar-refractivity contribution in [2.24, 2.45) is 5.92 Å². The Kier molecular flexibility index (Phi) is 7.66. The molecule has 6 nitrogen and oxygen atoms in total. The van der Waals surface area contributed by atoms with Crippen molar-refractivity contribution in [3.05, 3.63) is 41.7 Å². The second kappa shape index (κ2) is 9.97. The zero-order valence-corrected chi connectivity index (χ0v) is 15.7. The fraction of sp³-hybridized carbons (Fsp3) is 0.500. The lowest BCUT2D eigenvalue weighted by molar-refractivity contribution is -0.150. The Morgan fingerprint density at radius 3 is 2.69 bits per heavy atom. The average molecular weight is 361 g/mol. The van der Waals surface area contributed by atoms with Gasteiger partial charge in [0.05, 0.1) is 18.1 Å². The molecule has 0 aromatic heterocycles. The molecule has 1 heterocycles. The number of methoxy groups -OCH3 is 1. The third-order valence-electron chi connectivity index (χ3n) is 4.15. The number of amides is 1. The maximum Gasteiger partial charge on any atom is 0.310 e. The molecule has 1 aromatic rings. The summed E-state index contributed by atoms with van der Waals surface area (Å²) in [7, 11) is 1.56. The molecule has 1 aliphatic rings. The molecular formula is C20H27NO5. The lowest BCUT2D eigenvalue weighted by Gasteiger charge is -2.32. The first-order valence-electron chi connectivity index (χ1n) is 8.94. The molecule has 6 heteroatoms. The molecule has 1 aliphatic heterocycles. The third-order valence-corrected chi connectivity index (χ3v) is 4.15. The Morgan fingerprint density at radius 2 is 2.04 bits per heavy atom. The van der Waals surface area contributed by atoms with Crippen LogP contribution < -0.4 is 0 Å². The lowest BCUT2D eigenvalue weighted by atomic mass is 10.0. The molecule has 1 aromatic carbocycles. The van der Waals surface area contributed by atoms with Gasteiger partial charge in [0.15, 0.2) is 6.73 Å². The highest BCUT2D eigenvalue weighted by atomic mass is 16.5. The molecule has 0 saturated carbocycles. The first-order chi connectivity index (χ1) is 12.6. The average Bonchev–Trinajstić information content (AvgIpc) is 2.65. The summed E-state index contributed by atoms with van der Waals surface area (Å²) in [6.07, 6.45) is 1.80. The number of esters is 1. The largest absolute Gasteiger partial charge is 0.474 e. The number of benzene rings is 1. The first-order valence-corrected chi connectivity index (χ1v) is 8.94. The normalized spacial score (nSPS) is 15.7. The summed E-state index contributed by atoms with van der Waals surface area (Å²) < 4.78 is 16.2. The van der Waals surface area contributed by atoms with Crippen molar-refractivity contribution in [2.45, 2.75) is 26.7 Å². The van der Waals surface area contributed by atoms with E-state index in [0.29, 0.717) is 17.9 Å². The summed E-state index contributed by atoms with van der Waals surface area (Å²) in [5.74, 6) is -0.361. The maximum absolute atomic E-state index is 13.0. The van der Waals surface area contributed by atoms with Crippen molar-refractivity contribution in [3.63, 3.8) is 0 Å². The molecule has 0 aliphatic carbocycles. The number of carbonyl (C=O) groups is 2. The molecule has 1 amide bonds. The number of ether oxygens (including phenoxy) is 3. The van der Waals surface area contributed by atoms with Crippen molar-refractivity contribution in [1.29, 1.82) is 0 Å². The van der Waals surface area contributed by atoms with E-state index in [2.05, 4.69) is 0 Å². The van der Waals surface area contributed by atoms with Crippen LogP contribution in [0.3, 0.4) is 0 Å². The van der Waals surface area contributed by atoms with E-state index in [-0.39, 0.29) is 31.8 Å². The molecule has 1 atom stereocenters. The van der Waals surface area contributed by atoms with Gasteiger partial charge in [-0.05, 0) is 12.0 Å². The zero-order valence-electron chi connectivity index (χ0n) is 15.7. The Labute approximate surface area is 154 Å². The highest BCUT2D eigenvalue weighted by Crippen LogP contribution is 2.27. The van der Waals surface area contributed by atoms with Crippen molar-refractivity contribution in [1.82, 2.24) is 4.90 Å². The van der Waals surface area contributed by atoms with Crippen LogP contribution in [0.1, 0.15) is 32.3 Å². The number of hydrogen-bond donors (Lipinski definition) is 0. The minimum absolute atomic E-state index is 0.0977. The smallest absolute Gasteiger partial charge is 0.310 e. The van der Waals surface area contributed by atoms with Gasteiger partial charge in [-0.25, -0.2) is 0 Å². The van der Waals surface area contributed by atoms with Crippen LogP contribution in [0, 0.1) is 5.92 Å². The maximum atomic E-state index is 13.0. The molecule has 2 rings (SSSR count). The molecule has 142 valence electrons. The second-order valence-electron chi connectivity index (χ2n) is 6.32. The van der Waals surface area contributed by atoms with E-state index in [1.165, 1.54) is 4.90 Å². The molecule has 26 heavy (non-hydrogen) atoms. The number of unbranched alkanes of at least 4 members (excludes halogenated alkanes) is 1. The number of nitrogens with zero attached hydrogens (tertiary/aromatic N) is 1. The van der Waals surface area contributed by atoms with Gasteiger partial charge in [-0.1, -0.05) is 50.6 Å². The van der Waals surface area contributed by atoms with Gasteiger partial charge in [-0.3, -0.25) is 9.59 Å². The van der Waals surface area contributed by atoms with Gasteiger partial charge in [0, 0.05) is 13.7 Å². The molecule has 0 bridgehead atoms. The summed E-state index contributed by atoms with van der Waals surface area (Å²) >= 11 is 0. The van der Waals surface area contributed by atoms with Gasteiger partial charge in [0.1, 0.15) is 12.4 Å². The van der Waals surface area contributed by atoms with Crippen LogP contribution >= 0.6 is 0 Å². The van der Waals surface area contributed by atoms with E-state index in [1.807, 2.05) is 37.3 Å². The summed E-state index contributed by atoms with van der Waals surface area (Å²) in [5.41, 5.74) is 1.25. The van der Waals surface area contributed by atoms with Crippen LogP contribution in [0.15, 0.2) is 36.1 Å². The van der Waals surface area contributed by atoms with E-state index in [9.17, 15) is 9.59 Å². The van der Waals surface area contributed by atoms with Gasteiger partial charge in [-0.2, -0.15) is 0 Å². The molecule has 0 saturated heterocycles. The minimum Gasteiger partial charge on any atom is -0.474 e. The summed E-state index contributed by atoms with van der Waals surface area (Å²) in [6, 6.07) is 9.34. The SMILES string of the molecule is CCCCOC(=O)C(C)CN1COC(COC)=C(c2ccccc2)C1=O. The van der Waals surface area contributed by atoms with Crippen LogP contribution in [0.2, 0.25) is 0 Å². The van der Waals surface area contributed by atoms with E-state index in [1.54, 1.807) is 14.0 Å². The molecule has 0 radical (unpaired) electrons. The molecular weight excluding hydrogens is 334 g/mol. The van der Waals surface area contributed by atoms with Crippen LogP contribution in [0.4, 0.5) is 0 Å². The minimum atomic E-state index is -0.416. The number of hydrogen-bond acceptors (Lipinski definition) is 5. The van der Waals surface area contributed by atoms with Crippen molar-refractivity contribution < 1.29 is 23.8 Å². The molecule has 1 unspecified atom stereocenters. The topological polar surface area (TPSA) is 65.1 Å². The number of carbonyl (C=O) groups excluding carboxylic acids is 2. The van der Waals surface area contributed by atoms with E-state index in [0.717, 1.165) is 18.4 Å². The predicted octanol–water partition coefficient (Wildman–Crippen LogP) is 2.84. The fourth-order valence-electron chi connectivity index (χ4n) is 2.70. The first kappa shape index (κ1) is 20.0. The van der Waals surface area contributed by atoms with Crippen molar-refractivity contribution in [2.75, 3.05) is 33.6 Å². The van der Waals surface area contributed by atoms with Crippen LogP contribution in [0.5, 0.6) is 0 Å². The number of rotatable bonds is 9. The van der Waals surface area contributed by atoms with Crippen LogP contribution in [-0.4, -0.2) is 50.4 Å². The fourth-order valence-corrected chi connectivity index (χ4v) is 2.70. The van der Waals surface area contributed by atoms with Gasteiger partial charge in [0.25, 0.3) is 5.91 Å². The highest BCUT2D eigenvalue weighted by Gasteiger charge is 2.31. The van der Waals surface area contributed by atoms with Crippen molar-refractivity contribution in [3.8, 4) is 0 Å². The standard InChI is InChI=1S/C20H27NO5/c1-4-5-11-25-20(23)15(2)12-21-14-26-17(13-24-3)18(19(21)22)16-9-7-6-8-10-16/h6-10,15H,4-5,11-14H2,1-3H3. The molecule has 0 N–H and O–H groups in total. The molecule has 0 spiro atoms. The summed E-state index contributed by atoms with van der Waals surface area (Å²) in [5, 5.41) is 0. The summed E-state index contributed by atoms with van der Waals surface area (Å²) in [4.78, 5) is 26.6. The van der Waals surface area contributed by atoms with Crippen molar-refractivity contribution >= 4 is 17.4 Å². The lowest BCUT2D eigenvalue weighted by Crippen LogP contribution is -2.42. The van der Waals surface area contributed by atoms with Gasteiger partial charge >= 0.3 is 5.97 Å². The van der Waals surface area contributed by atoms with Gasteiger partial charge in [-0.15, -0.1) is 0 Å². The highest BCUT2D eigenvalue weighted by molar-refractivity contribution is 6.20. The predicted molar refractivity (Wildman–Crippen MR) is 97.9 cm³/mol. The monoisotopic (exact) mass is 361 g/mol. The Bertz CT molecular complexity index is 641. The quantitative estimate of drug-likeness (QED) is 0.500. The van der Waals surface area contributed by atoms with E-state index >= 15 is 0 Å². The van der Waals surface area contributed by atoms with Gasteiger partial charge in [0.2, 0.25) is 0 Å². The summed E-state index contributed by atoms with van der Waals surface area (Å²) in [6.45, 7) is 4.78. The molecule has 0 fully saturated rings. The third kappa shape index (κ3) is 5.08. The Balaban J connectivity index is 2.11. The van der Waals surface area contributed by atoms with Crippen LogP contribution in [0.25, 0.3) is 5.57 Å². The van der Waals surface area contributed by atoms with Crippen LogP contribution in [-0.2, 0) is 23.8 Å². The zero-order chi connectivity index (χ0) is 18.9.